The van der Waals surface area contributed by atoms with Crippen LogP contribution in [-0.2, 0) is 6.54 Å². The number of halogens is 1. The van der Waals surface area contributed by atoms with E-state index in [9.17, 15) is 14.0 Å². The summed E-state index contributed by atoms with van der Waals surface area (Å²) in [6, 6.07) is 11.2. The molecule has 0 spiro atoms. The second kappa shape index (κ2) is 6.98. The lowest BCUT2D eigenvalue weighted by Gasteiger charge is -2.17. The van der Waals surface area contributed by atoms with Crippen LogP contribution in [0.1, 0.15) is 21.1 Å². The van der Waals surface area contributed by atoms with E-state index in [1.807, 2.05) is 17.5 Å². The highest BCUT2D eigenvalue weighted by molar-refractivity contribution is 7.09. The van der Waals surface area contributed by atoms with Crippen LogP contribution in [0.2, 0.25) is 0 Å². The second-order valence-corrected chi connectivity index (χ2v) is 6.63. The lowest BCUT2D eigenvalue weighted by molar-refractivity contribution is 0.0777. The van der Waals surface area contributed by atoms with Crippen LogP contribution in [0.15, 0.2) is 52.6 Å². The van der Waals surface area contributed by atoms with Crippen molar-refractivity contribution in [2.45, 2.75) is 13.5 Å². The number of carbonyl (C=O) groups is 1. The van der Waals surface area contributed by atoms with Gasteiger partial charge in [-0.25, -0.2) is 9.07 Å². The Balaban J connectivity index is 1.99. The smallest absolute Gasteiger partial charge is 0.278 e. The molecule has 128 valence electrons. The van der Waals surface area contributed by atoms with E-state index in [0.717, 1.165) is 4.88 Å². The number of carbonyl (C=O) groups excluding carboxylic acids is 1. The Morgan fingerprint density at radius 1 is 1.28 bits per heavy atom. The minimum absolute atomic E-state index is 0.190. The Hall–Kier alpha value is -2.80. The normalized spacial score (nSPS) is 10.7. The molecule has 0 saturated carbocycles. The molecule has 1 amide bonds. The summed E-state index contributed by atoms with van der Waals surface area (Å²) in [7, 11) is 1.61. The third-order valence-corrected chi connectivity index (χ3v) is 4.57. The average molecular weight is 357 g/mol. The zero-order valence-electron chi connectivity index (χ0n) is 13.8. The maximum atomic E-state index is 14.1. The zero-order chi connectivity index (χ0) is 18.0. The molecule has 25 heavy (non-hydrogen) atoms. The molecule has 0 radical (unpaired) electrons. The van der Waals surface area contributed by atoms with Gasteiger partial charge in [0.25, 0.3) is 5.91 Å². The summed E-state index contributed by atoms with van der Waals surface area (Å²) in [6.45, 7) is 2.02. The number of hydrogen-bond acceptors (Lipinski definition) is 4. The van der Waals surface area contributed by atoms with Crippen LogP contribution in [0.25, 0.3) is 5.69 Å². The molecule has 0 unspecified atom stereocenters. The van der Waals surface area contributed by atoms with Gasteiger partial charge in [-0.05, 0) is 30.5 Å². The number of amides is 1. The minimum Gasteiger partial charge on any atom is -0.335 e. The maximum absolute atomic E-state index is 14.1. The molecule has 3 rings (SSSR count). The van der Waals surface area contributed by atoms with E-state index >= 15 is 0 Å². The topological polar surface area (TPSA) is 55.2 Å². The second-order valence-electron chi connectivity index (χ2n) is 5.60. The van der Waals surface area contributed by atoms with Crippen molar-refractivity contribution in [3.63, 3.8) is 0 Å². The van der Waals surface area contributed by atoms with Crippen molar-refractivity contribution in [3.8, 4) is 5.69 Å². The first-order chi connectivity index (χ1) is 12.0. The zero-order valence-corrected chi connectivity index (χ0v) is 14.6. The number of rotatable bonds is 4. The fraction of sp³-hybridized carbons (Fsp3) is 0.167. The van der Waals surface area contributed by atoms with Gasteiger partial charge in [0.05, 0.1) is 6.54 Å². The van der Waals surface area contributed by atoms with Crippen LogP contribution in [0, 0.1) is 12.7 Å². The Morgan fingerprint density at radius 3 is 2.72 bits per heavy atom. The summed E-state index contributed by atoms with van der Waals surface area (Å²) in [5.74, 6) is -0.976. The Kier molecular flexibility index (Phi) is 4.76. The molecule has 0 bridgehead atoms. The van der Waals surface area contributed by atoms with Gasteiger partial charge in [-0.1, -0.05) is 18.2 Å². The van der Waals surface area contributed by atoms with Crippen LogP contribution in [-0.4, -0.2) is 27.6 Å². The van der Waals surface area contributed by atoms with E-state index in [2.05, 4.69) is 5.10 Å². The number of benzene rings is 1. The fourth-order valence-corrected chi connectivity index (χ4v) is 3.21. The number of aryl methyl sites for hydroxylation is 1. The summed E-state index contributed by atoms with van der Waals surface area (Å²) in [4.78, 5) is 27.3. The van der Waals surface area contributed by atoms with E-state index in [1.54, 1.807) is 32.2 Å². The van der Waals surface area contributed by atoms with Crippen LogP contribution in [0.3, 0.4) is 0 Å². The third kappa shape index (κ3) is 3.51. The largest absolute Gasteiger partial charge is 0.335 e. The molecule has 0 aliphatic rings. The fourth-order valence-electron chi connectivity index (χ4n) is 2.45. The molecule has 0 N–H and O–H groups in total. The number of aromatic nitrogens is 2. The standard InChI is InChI=1S/C18H16FN3O2S/c1-12-10-16(23)17(18(24)21(2)11-13-6-5-9-25-13)20-22(12)15-8-4-3-7-14(15)19/h3-10H,11H2,1-2H3. The molecule has 0 atom stereocenters. The first-order valence-corrected chi connectivity index (χ1v) is 8.49. The molecular weight excluding hydrogens is 341 g/mol. The van der Waals surface area contributed by atoms with Gasteiger partial charge in [0, 0.05) is 23.7 Å². The van der Waals surface area contributed by atoms with Gasteiger partial charge in [-0.2, -0.15) is 5.10 Å². The Bertz CT molecular complexity index is 967. The summed E-state index contributed by atoms with van der Waals surface area (Å²) in [5.41, 5.74) is -0.0662. The molecule has 0 aliphatic heterocycles. The summed E-state index contributed by atoms with van der Waals surface area (Å²) < 4.78 is 15.3. The molecule has 2 heterocycles. The van der Waals surface area contributed by atoms with Crippen LogP contribution >= 0.6 is 11.3 Å². The minimum atomic E-state index is -0.497. The van der Waals surface area contributed by atoms with Crippen molar-refractivity contribution in [2.24, 2.45) is 0 Å². The lowest BCUT2D eigenvalue weighted by atomic mass is 10.2. The molecular formula is C18H16FN3O2S. The average Bonchev–Trinajstić information content (AvgIpc) is 3.08. The highest BCUT2D eigenvalue weighted by Gasteiger charge is 2.20. The number of thiophene rings is 1. The summed E-state index contributed by atoms with van der Waals surface area (Å²) in [6.07, 6.45) is 0. The summed E-state index contributed by atoms with van der Waals surface area (Å²) in [5, 5.41) is 6.05. The van der Waals surface area contributed by atoms with Gasteiger partial charge in [0.15, 0.2) is 5.69 Å². The van der Waals surface area contributed by atoms with Gasteiger partial charge < -0.3 is 4.90 Å². The van der Waals surface area contributed by atoms with E-state index in [1.165, 1.54) is 33.1 Å². The number of nitrogens with zero attached hydrogens (tertiary/aromatic N) is 3. The van der Waals surface area contributed by atoms with Gasteiger partial charge in [0.2, 0.25) is 5.43 Å². The van der Waals surface area contributed by atoms with Crippen molar-refractivity contribution >= 4 is 17.2 Å². The molecule has 1 aromatic carbocycles. The predicted octanol–water partition coefficient (Wildman–Crippen LogP) is 3.01. The maximum Gasteiger partial charge on any atom is 0.278 e. The van der Waals surface area contributed by atoms with Crippen molar-refractivity contribution in [1.82, 2.24) is 14.7 Å². The van der Waals surface area contributed by atoms with Crippen molar-refractivity contribution in [3.05, 3.63) is 80.2 Å². The molecule has 0 aliphatic carbocycles. The van der Waals surface area contributed by atoms with Crippen molar-refractivity contribution in [1.29, 1.82) is 0 Å². The van der Waals surface area contributed by atoms with Crippen LogP contribution in [0.5, 0.6) is 0 Å². The van der Waals surface area contributed by atoms with Gasteiger partial charge in [-0.3, -0.25) is 9.59 Å². The van der Waals surface area contributed by atoms with E-state index < -0.39 is 17.2 Å². The summed E-state index contributed by atoms with van der Waals surface area (Å²) >= 11 is 1.53. The van der Waals surface area contributed by atoms with E-state index in [0.29, 0.717) is 12.2 Å². The first kappa shape index (κ1) is 17.0. The van der Waals surface area contributed by atoms with Crippen molar-refractivity contribution in [2.75, 3.05) is 7.05 Å². The first-order valence-electron chi connectivity index (χ1n) is 7.61. The van der Waals surface area contributed by atoms with E-state index in [-0.39, 0.29) is 11.4 Å². The Morgan fingerprint density at radius 2 is 2.04 bits per heavy atom. The molecule has 0 fully saturated rings. The van der Waals surface area contributed by atoms with Gasteiger partial charge in [-0.15, -0.1) is 11.3 Å². The SMILES string of the molecule is Cc1cc(=O)c(C(=O)N(C)Cc2cccs2)nn1-c1ccccc1F. The highest BCUT2D eigenvalue weighted by atomic mass is 32.1. The number of hydrogen-bond donors (Lipinski definition) is 0. The third-order valence-electron chi connectivity index (χ3n) is 3.71. The Labute approximate surface area is 148 Å². The molecule has 2 aromatic heterocycles. The quantitative estimate of drug-likeness (QED) is 0.721. The van der Waals surface area contributed by atoms with Crippen LogP contribution in [0.4, 0.5) is 4.39 Å². The van der Waals surface area contributed by atoms with Gasteiger partial charge in [0.1, 0.15) is 11.5 Å². The molecule has 7 heteroatoms. The molecule has 0 saturated heterocycles. The predicted molar refractivity (Wildman–Crippen MR) is 94.6 cm³/mol. The van der Waals surface area contributed by atoms with Crippen molar-refractivity contribution < 1.29 is 9.18 Å². The molecule has 3 aromatic rings. The molecule has 5 nitrogen and oxygen atoms in total. The highest BCUT2D eigenvalue weighted by Crippen LogP contribution is 2.15. The van der Waals surface area contributed by atoms with Gasteiger partial charge >= 0.3 is 0 Å². The monoisotopic (exact) mass is 357 g/mol. The number of para-hydroxylation sites is 1. The van der Waals surface area contributed by atoms with E-state index in [4.69, 9.17) is 0 Å². The van der Waals surface area contributed by atoms with Crippen LogP contribution < -0.4 is 5.43 Å². The lowest BCUT2D eigenvalue weighted by Crippen LogP contribution is -2.33.